The Morgan fingerprint density at radius 2 is 1.74 bits per heavy atom. The Bertz CT molecular complexity index is 632. The van der Waals surface area contributed by atoms with E-state index in [1.807, 2.05) is 20.8 Å². The lowest BCUT2D eigenvalue weighted by molar-refractivity contribution is -0.170. The first-order valence-electron chi connectivity index (χ1n) is 11.3. The highest BCUT2D eigenvalue weighted by molar-refractivity contribution is 5.87. The fourth-order valence-electron chi connectivity index (χ4n) is 7.42. The first-order chi connectivity index (χ1) is 12.6. The van der Waals surface area contributed by atoms with Gasteiger partial charge in [-0.25, -0.2) is 0 Å². The van der Waals surface area contributed by atoms with Gasteiger partial charge in [0.1, 0.15) is 11.9 Å². The van der Waals surface area contributed by atoms with Crippen molar-refractivity contribution in [2.75, 3.05) is 0 Å². The van der Waals surface area contributed by atoms with Crippen molar-refractivity contribution in [1.29, 1.82) is 0 Å². The van der Waals surface area contributed by atoms with Gasteiger partial charge >= 0.3 is 5.97 Å². The molecule has 4 aliphatic rings. The van der Waals surface area contributed by atoms with Crippen molar-refractivity contribution in [2.24, 2.45) is 39.9 Å². The number of ketones is 1. The molecule has 0 aromatic heterocycles. The summed E-state index contributed by atoms with van der Waals surface area (Å²) in [4.78, 5) is 24.9. The SMILES string of the molecule is CC(C)(C)C(=O)O[C@@H]1CC[C@@]2(C)[C@@H](CC[C@@H]3[C@H]2CC[C@]2(C)C(=O)CC[C@H]32)C1. The van der Waals surface area contributed by atoms with Crippen molar-refractivity contribution in [2.45, 2.75) is 98.5 Å². The highest BCUT2D eigenvalue weighted by Gasteiger charge is 2.60. The molecule has 152 valence electrons. The van der Waals surface area contributed by atoms with Crippen LogP contribution < -0.4 is 0 Å². The molecule has 0 aliphatic heterocycles. The van der Waals surface area contributed by atoms with Gasteiger partial charge in [-0.15, -0.1) is 0 Å². The van der Waals surface area contributed by atoms with Crippen molar-refractivity contribution in [3.8, 4) is 0 Å². The molecule has 0 saturated heterocycles. The number of hydrogen-bond donors (Lipinski definition) is 0. The van der Waals surface area contributed by atoms with Crippen LogP contribution in [0, 0.1) is 39.9 Å². The zero-order valence-electron chi connectivity index (χ0n) is 18.0. The number of Topliss-reactive ketones (excluding diaryl/α,β-unsaturated/α-hetero) is 1. The second kappa shape index (κ2) is 6.32. The summed E-state index contributed by atoms with van der Waals surface area (Å²) >= 11 is 0. The summed E-state index contributed by atoms with van der Waals surface area (Å²) in [6, 6.07) is 0. The maximum absolute atomic E-state index is 12.5. The van der Waals surface area contributed by atoms with Gasteiger partial charge in [0.25, 0.3) is 0 Å². The third-order valence-corrected chi connectivity index (χ3v) is 9.21. The third kappa shape index (κ3) is 2.99. The van der Waals surface area contributed by atoms with Crippen LogP contribution in [0.15, 0.2) is 0 Å². The molecule has 0 radical (unpaired) electrons. The summed E-state index contributed by atoms with van der Waals surface area (Å²) in [7, 11) is 0. The molecule has 4 aliphatic carbocycles. The van der Waals surface area contributed by atoms with Gasteiger partial charge in [-0.2, -0.15) is 0 Å². The number of hydrogen-bond acceptors (Lipinski definition) is 3. The predicted molar refractivity (Wildman–Crippen MR) is 106 cm³/mol. The minimum absolute atomic E-state index is 0.0240. The van der Waals surface area contributed by atoms with Gasteiger partial charge in [0.2, 0.25) is 0 Å². The zero-order valence-corrected chi connectivity index (χ0v) is 18.0. The molecule has 0 spiro atoms. The molecule has 4 saturated carbocycles. The number of esters is 1. The number of fused-ring (bicyclic) bond motifs is 5. The zero-order chi connectivity index (χ0) is 19.6. The summed E-state index contributed by atoms with van der Waals surface area (Å²) in [6.45, 7) is 10.6. The van der Waals surface area contributed by atoms with E-state index in [0.29, 0.717) is 23.0 Å². The molecule has 3 heteroatoms. The van der Waals surface area contributed by atoms with Crippen molar-refractivity contribution < 1.29 is 14.3 Å². The molecule has 0 N–H and O–H groups in total. The molecule has 27 heavy (non-hydrogen) atoms. The van der Waals surface area contributed by atoms with Gasteiger partial charge in [-0.05, 0) is 101 Å². The van der Waals surface area contributed by atoms with E-state index < -0.39 is 5.41 Å². The fourth-order valence-corrected chi connectivity index (χ4v) is 7.42. The Morgan fingerprint density at radius 3 is 2.44 bits per heavy atom. The Balaban J connectivity index is 1.48. The van der Waals surface area contributed by atoms with Crippen LogP contribution in [0.1, 0.15) is 92.4 Å². The minimum Gasteiger partial charge on any atom is -0.462 e. The van der Waals surface area contributed by atoms with Crippen molar-refractivity contribution in [1.82, 2.24) is 0 Å². The quantitative estimate of drug-likeness (QED) is 0.565. The smallest absolute Gasteiger partial charge is 0.311 e. The lowest BCUT2D eigenvalue weighted by Crippen LogP contribution is -2.54. The summed E-state index contributed by atoms with van der Waals surface area (Å²) in [5, 5.41) is 0. The number of rotatable bonds is 1. The van der Waals surface area contributed by atoms with Crippen LogP contribution >= 0.6 is 0 Å². The summed E-state index contributed by atoms with van der Waals surface area (Å²) in [5.74, 6) is 3.29. The van der Waals surface area contributed by atoms with Crippen molar-refractivity contribution >= 4 is 11.8 Å². The second-order valence-electron chi connectivity index (χ2n) is 11.6. The predicted octanol–water partition coefficient (Wildman–Crippen LogP) is 5.56. The average Bonchev–Trinajstić information content (AvgIpc) is 2.89. The average molecular weight is 375 g/mol. The van der Waals surface area contributed by atoms with Gasteiger partial charge in [0.15, 0.2) is 0 Å². The number of carbonyl (C=O) groups is 2. The Labute approximate surface area is 165 Å². The molecule has 0 amide bonds. The highest BCUT2D eigenvalue weighted by atomic mass is 16.5. The summed E-state index contributed by atoms with van der Waals surface area (Å²) in [5.41, 5.74) is -0.0639. The first-order valence-corrected chi connectivity index (χ1v) is 11.3. The largest absolute Gasteiger partial charge is 0.462 e. The van der Waals surface area contributed by atoms with Crippen LogP contribution in [0.2, 0.25) is 0 Å². The van der Waals surface area contributed by atoms with E-state index >= 15 is 0 Å². The molecule has 7 atom stereocenters. The molecule has 0 heterocycles. The van der Waals surface area contributed by atoms with Crippen LogP contribution in [0.25, 0.3) is 0 Å². The van der Waals surface area contributed by atoms with E-state index in [4.69, 9.17) is 4.74 Å². The number of ether oxygens (including phenoxy) is 1. The molecule has 0 unspecified atom stereocenters. The number of carbonyl (C=O) groups excluding carboxylic acids is 2. The lowest BCUT2D eigenvalue weighted by Gasteiger charge is -2.60. The third-order valence-electron chi connectivity index (χ3n) is 9.21. The van der Waals surface area contributed by atoms with Crippen LogP contribution in [0.4, 0.5) is 0 Å². The first kappa shape index (κ1) is 19.5. The van der Waals surface area contributed by atoms with E-state index in [1.165, 1.54) is 25.7 Å². The normalized spacial score (nSPS) is 47.0. The van der Waals surface area contributed by atoms with Crippen LogP contribution in [-0.4, -0.2) is 17.9 Å². The Hall–Kier alpha value is -0.860. The molecular formula is C24H38O3. The molecule has 0 bridgehead atoms. The van der Waals surface area contributed by atoms with E-state index in [-0.39, 0.29) is 17.5 Å². The van der Waals surface area contributed by atoms with Crippen LogP contribution in [-0.2, 0) is 14.3 Å². The van der Waals surface area contributed by atoms with E-state index in [0.717, 1.165) is 43.9 Å². The highest BCUT2D eigenvalue weighted by Crippen LogP contribution is 2.65. The molecule has 3 nitrogen and oxygen atoms in total. The van der Waals surface area contributed by atoms with E-state index in [1.54, 1.807) is 0 Å². The lowest BCUT2D eigenvalue weighted by atomic mass is 9.45. The maximum Gasteiger partial charge on any atom is 0.311 e. The van der Waals surface area contributed by atoms with Gasteiger partial charge < -0.3 is 4.74 Å². The summed E-state index contributed by atoms with van der Waals surface area (Å²) < 4.78 is 5.90. The van der Waals surface area contributed by atoms with Crippen LogP contribution in [0.3, 0.4) is 0 Å². The summed E-state index contributed by atoms with van der Waals surface area (Å²) in [6.07, 6.45) is 10.1. The molecule has 0 aromatic rings. The standard InChI is InChI=1S/C24H38O3/c1-22(2,3)21(26)27-16-10-12-23(4)15(14-16)6-7-17-18-8-9-20(25)24(18,5)13-11-19(17)23/h15-19H,6-14H2,1-5H3/t15-,16+,17-,18+,19+,23-,24-/m0/s1. The molecular weight excluding hydrogens is 336 g/mol. The fraction of sp³-hybridized carbons (Fsp3) is 0.917. The minimum atomic E-state index is -0.415. The molecule has 4 fully saturated rings. The monoisotopic (exact) mass is 374 g/mol. The van der Waals surface area contributed by atoms with Gasteiger partial charge in [-0.3, -0.25) is 9.59 Å². The Kier molecular flexibility index (Phi) is 4.56. The van der Waals surface area contributed by atoms with E-state index in [2.05, 4.69) is 13.8 Å². The van der Waals surface area contributed by atoms with Gasteiger partial charge in [-0.1, -0.05) is 13.8 Å². The van der Waals surface area contributed by atoms with Gasteiger partial charge in [0, 0.05) is 11.8 Å². The van der Waals surface area contributed by atoms with E-state index in [9.17, 15) is 9.59 Å². The van der Waals surface area contributed by atoms with Gasteiger partial charge in [0.05, 0.1) is 5.41 Å². The topological polar surface area (TPSA) is 43.4 Å². The van der Waals surface area contributed by atoms with Crippen molar-refractivity contribution in [3.05, 3.63) is 0 Å². The van der Waals surface area contributed by atoms with Crippen molar-refractivity contribution in [3.63, 3.8) is 0 Å². The second-order valence-corrected chi connectivity index (χ2v) is 11.6. The van der Waals surface area contributed by atoms with Crippen LogP contribution in [0.5, 0.6) is 0 Å². The Morgan fingerprint density at radius 1 is 1.00 bits per heavy atom. The molecule has 0 aromatic carbocycles. The maximum atomic E-state index is 12.5. The molecule has 4 rings (SSSR count).